The first kappa shape index (κ1) is 16.8. The second kappa shape index (κ2) is 5.96. The number of hydrogen-bond donors (Lipinski definition) is 2. The Labute approximate surface area is 159 Å². The van der Waals surface area contributed by atoms with Crippen LogP contribution in [-0.2, 0) is 0 Å². The molecule has 2 aromatic heterocycles. The van der Waals surface area contributed by atoms with Gasteiger partial charge in [0.1, 0.15) is 10.9 Å². The molecule has 4 rings (SSSR count). The second-order valence-corrected chi connectivity index (χ2v) is 7.26. The molecular weight excluding hydrogens is 422 g/mol. The van der Waals surface area contributed by atoms with E-state index in [1.54, 1.807) is 24.3 Å². The van der Waals surface area contributed by atoms with Crippen molar-refractivity contribution in [3.63, 3.8) is 0 Å². The van der Waals surface area contributed by atoms with Gasteiger partial charge in [0.05, 0.1) is 11.2 Å². The molecule has 0 aliphatic heterocycles. The molecule has 0 aliphatic rings. The summed E-state index contributed by atoms with van der Waals surface area (Å²) in [6.45, 7) is 1.81. The van der Waals surface area contributed by atoms with E-state index in [0.29, 0.717) is 21.6 Å². The summed E-state index contributed by atoms with van der Waals surface area (Å²) >= 11 is 9.31. The van der Waals surface area contributed by atoms with E-state index in [0.717, 1.165) is 14.7 Å². The Balaban J connectivity index is 2.18. The van der Waals surface area contributed by atoms with Crippen LogP contribution in [0, 0.1) is 6.92 Å². The molecule has 0 atom stereocenters. The van der Waals surface area contributed by atoms with Crippen molar-refractivity contribution in [2.75, 3.05) is 0 Å². The largest absolute Gasteiger partial charge is 0.350 e. The molecule has 0 saturated heterocycles. The molecule has 0 bridgehead atoms. The Morgan fingerprint density at radius 1 is 1.08 bits per heavy atom. The van der Waals surface area contributed by atoms with Gasteiger partial charge in [-0.25, -0.2) is 4.68 Å². The molecule has 130 valence electrons. The first-order valence-electron chi connectivity index (χ1n) is 7.64. The van der Waals surface area contributed by atoms with Gasteiger partial charge in [-0.3, -0.25) is 19.5 Å². The smallest absolute Gasteiger partial charge is 0.287 e. The number of nitrogens with one attached hydrogen (secondary N) is 2. The van der Waals surface area contributed by atoms with Crippen LogP contribution < -0.4 is 16.5 Å². The highest BCUT2D eigenvalue weighted by Gasteiger charge is 2.16. The van der Waals surface area contributed by atoms with Gasteiger partial charge in [0.15, 0.2) is 0 Å². The molecule has 2 heterocycles. The average molecular weight is 433 g/mol. The van der Waals surface area contributed by atoms with Crippen LogP contribution in [0.3, 0.4) is 0 Å². The van der Waals surface area contributed by atoms with E-state index in [9.17, 15) is 14.4 Å². The Kier molecular flexibility index (Phi) is 3.86. The highest BCUT2D eigenvalue weighted by atomic mass is 79.9. The monoisotopic (exact) mass is 431 g/mol. The van der Waals surface area contributed by atoms with Crippen LogP contribution in [0.25, 0.3) is 27.5 Å². The molecule has 0 unspecified atom stereocenters. The van der Waals surface area contributed by atoms with Gasteiger partial charge in [-0.15, -0.1) is 0 Å². The summed E-state index contributed by atoms with van der Waals surface area (Å²) in [6.07, 6.45) is 0. The van der Waals surface area contributed by atoms with E-state index < -0.39 is 16.5 Å². The number of aromatic amines is 2. The van der Waals surface area contributed by atoms with Gasteiger partial charge >= 0.3 is 0 Å². The molecule has 2 N–H and O–H groups in total. The van der Waals surface area contributed by atoms with E-state index in [1.807, 2.05) is 13.0 Å². The van der Waals surface area contributed by atoms with Gasteiger partial charge in [-0.05, 0) is 48.9 Å². The third-order valence-corrected chi connectivity index (χ3v) is 4.95. The number of rotatable bonds is 1. The molecule has 0 spiro atoms. The number of hydrogen-bond acceptors (Lipinski definition) is 3. The molecule has 0 saturated carbocycles. The Morgan fingerprint density at radius 3 is 2.58 bits per heavy atom. The third-order valence-electron chi connectivity index (χ3n) is 4.22. The number of fused-ring (bicyclic) bond motifs is 2. The molecule has 0 amide bonds. The zero-order valence-corrected chi connectivity index (χ0v) is 15.7. The Morgan fingerprint density at radius 2 is 1.85 bits per heavy atom. The summed E-state index contributed by atoms with van der Waals surface area (Å²) in [7, 11) is 0. The predicted octanol–water partition coefficient (Wildman–Crippen LogP) is 3.24. The minimum absolute atomic E-state index is 0.0687. The van der Waals surface area contributed by atoms with E-state index in [-0.39, 0.29) is 10.9 Å². The topological polar surface area (TPSA) is 87.7 Å². The van der Waals surface area contributed by atoms with E-state index in [1.165, 1.54) is 6.07 Å². The average Bonchev–Trinajstić information content (AvgIpc) is 2.58. The van der Waals surface area contributed by atoms with Crippen LogP contribution in [0.5, 0.6) is 0 Å². The number of aromatic nitrogens is 3. The predicted molar refractivity (Wildman–Crippen MR) is 106 cm³/mol. The summed E-state index contributed by atoms with van der Waals surface area (Å²) in [6, 6.07) is 9.90. The number of H-pyrrole nitrogens is 2. The van der Waals surface area contributed by atoms with Gasteiger partial charge in [-0.1, -0.05) is 27.5 Å². The first-order chi connectivity index (χ1) is 12.4. The molecule has 0 aliphatic carbocycles. The number of aryl methyl sites for hydroxylation is 1. The highest BCUT2D eigenvalue weighted by Crippen LogP contribution is 2.19. The van der Waals surface area contributed by atoms with E-state index in [2.05, 4.69) is 26.0 Å². The molecule has 2 aromatic carbocycles. The van der Waals surface area contributed by atoms with Crippen LogP contribution in [0.1, 0.15) is 5.56 Å². The molecule has 26 heavy (non-hydrogen) atoms. The van der Waals surface area contributed by atoms with Crippen LogP contribution in [0.15, 0.2) is 55.3 Å². The lowest BCUT2D eigenvalue weighted by molar-refractivity contribution is 0.793. The van der Waals surface area contributed by atoms with Gasteiger partial charge in [0.2, 0.25) is 5.43 Å². The molecule has 0 radical (unpaired) electrons. The molecule has 8 heteroatoms. The Bertz CT molecular complexity index is 1390. The fourth-order valence-corrected chi connectivity index (χ4v) is 3.64. The van der Waals surface area contributed by atoms with Gasteiger partial charge in [-0.2, -0.15) is 0 Å². The van der Waals surface area contributed by atoms with Crippen molar-refractivity contribution < 1.29 is 0 Å². The maximum absolute atomic E-state index is 13.0. The summed E-state index contributed by atoms with van der Waals surface area (Å²) in [4.78, 5) is 41.3. The first-order valence-corrected chi connectivity index (χ1v) is 8.81. The van der Waals surface area contributed by atoms with Gasteiger partial charge in [0.25, 0.3) is 11.1 Å². The van der Waals surface area contributed by atoms with Gasteiger partial charge < -0.3 is 4.98 Å². The maximum Gasteiger partial charge on any atom is 0.287 e. The van der Waals surface area contributed by atoms with Crippen molar-refractivity contribution in [1.82, 2.24) is 14.8 Å². The summed E-state index contributed by atoms with van der Waals surface area (Å²) < 4.78 is 1.94. The Hall–Kier alpha value is -2.64. The third kappa shape index (κ3) is 2.51. The summed E-state index contributed by atoms with van der Waals surface area (Å²) in [5.74, 6) is 0. The van der Waals surface area contributed by atoms with Crippen molar-refractivity contribution in [2.45, 2.75) is 6.92 Å². The lowest BCUT2D eigenvalue weighted by Gasteiger charge is -2.10. The molecular formula is C18H11BrClN3O3. The highest BCUT2D eigenvalue weighted by molar-refractivity contribution is 9.10. The van der Waals surface area contributed by atoms with Crippen LogP contribution in [0.4, 0.5) is 0 Å². The van der Waals surface area contributed by atoms with Crippen molar-refractivity contribution >= 4 is 49.3 Å². The molecule has 6 nitrogen and oxygen atoms in total. The van der Waals surface area contributed by atoms with Crippen LogP contribution in [0.2, 0.25) is 5.02 Å². The zero-order valence-electron chi connectivity index (χ0n) is 13.4. The normalized spacial score (nSPS) is 11.3. The number of halogens is 2. The lowest BCUT2D eigenvalue weighted by atomic mass is 10.1. The maximum atomic E-state index is 13.0. The zero-order chi connectivity index (χ0) is 18.6. The van der Waals surface area contributed by atoms with Gasteiger partial charge in [0, 0.05) is 14.9 Å². The fraction of sp³-hybridized carbons (Fsp3) is 0.0556. The minimum atomic E-state index is -0.594. The SMILES string of the molecule is Cc1cc(Br)ccc1-n1[nH]c(=O)c2[nH]c3cc(Cl)ccc3c(=O)c2c1=O. The fourth-order valence-electron chi connectivity index (χ4n) is 3.00. The lowest BCUT2D eigenvalue weighted by Crippen LogP contribution is -2.33. The molecule has 4 aromatic rings. The summed E-state index contributed by atoms with van der Waals surface area (Å²) in [5.41, 5.74) is -0.0828. The second-order valence-electron chi connectivity index (χ2n) is 5.91. The number of nitrogens with zero attached hydrogens (tertiary/aromatic N) is 1. The standard InChI is InChI=1S/C18H11BrClN3O3/c1-8-6-9(19)2-5-13(8)23-18(26)14-15(17(25)22-23)21-12-7-10(20)3-4-11(12)16(14)24/h2-7H,1H3,(H,21,24)(H,22,25). The molecule has 0 fully saturated rings. The van der Waals surface area contributed by atoms with Crippen LogP contribution >= 0.6 is 27.5 Å². The van der Waals surface area contributed by atoms with Crippen molar-refractivity contribution in [3.05, 3.63) is 82.4 Å². The number of benzene rings is 2. The van der Waals surface area contributed by atoms with Crippen LogP contribution in [-0.4, -0.2) is 14.8 Å². The van der Waals surface area contributed by atoms with E-state index >= 15 is 0 Å². The number of pyridine rings is 1. The summed E-state index contributed by atoms with van der Waals surface area (Å²) in [5, 5.41) is 3.06. The minimum Gasteiger partial charge on any atom is -0.350 e. The van der Waals surface area contributed by atoms with Crippen molar-refractivity contribution in [2.24, 2.45) is 0 Å². The van der Waals surface area contributed by atoms with Crippen molar-refractivity contribution in [3.8, 4) is 5.69 Å². The quantitative estimate of drug-likeness (QED) is 0.453. The van der Waals surface area contributed by atoms with Crippen molar-refractivity contribution in [1.29, 1.82) is 0 Å². The van der Waals surface area contributed by atoms with E-state index in [4.69, 9.17) is 11.6 Å².